The van der Waals surface area contributed by atoms with Crippen molar-refractivity contribution >= 4 is 40.8 Å². The van der Waals surface area contributed by atoms with Gasteiger partial charge in [-0.25, -0.2) is 0 Å². The molecule has 2 aliphatic rings. The molecule has 0 unspecified atom stereocenters. The fraction of sp³-hybridized carbons (Fsp3) is 0.257. The Morgan fingerprint density at radius 2 is 1.75 bits per heavy atom. The SMILES string of the molecule is CC[C@H](c1ccccc1)N1Cc2cc3c(cc2C[C@H]1C(=O)O)N(C)C(=O)[C@@H](c1ccc(OCc2ccc(Cl)c(Cl)c2)cc1)O3. The number of carboxylic acids is 1. The first-order chi connectivity index (χ1) is 21.2. The zero-order valence-corrected chi connectivity index (χ0v) is 25.9. The minimum Gasteiger partial charge on any atom is -0.489 e. The van der Waals surface area contributed by atoms with E-state index in [9.17, 15) is 14.7 Å². The Bertz CT molecular complexity index is 1700. The number of hydrogen-bond donors (Lipinski definition) is 1. The van der Waals surface area contributed by atoms with Crippen LogP contribution in [0.15, 0.2) is 84.9 Å². The van der Waals surface area contributed by atoms with Crippen LogP contribution < -0.4 is 14.4 Å². The van der Waals surface area contributed by atoms with E-state index in [2.05, 4.69) is 11.8 Å². The average molecular weight is 632 g/mol. The van der Waals surface area contributed by atoms with Crippen molar-refractivity contribution in [3.05, 3.63) is 123 Å². The predicted octanol–water partition coefficient (Wildman–Crippen LogP) is 7.63. The molecule has 0 spiro atoms. The van der Waals surface area contributed by atoms with Gasteiger partial charge in [0.25, 0.3) is 5.91 Å². The zero-order valence-electron chi connectivity index (χ0n) is 24.4. The molecule has 0 fully saturated rings. The van der Waals surface area contributed by atoms with Gasteiger partial charge in [-0.05, 0) is 71.5 Å². The topological polar surface area (TPSA) is 79.3 Å². The van der Waals surface area contributed by atoms with Crippen LogP contribution in [0.5, 0.6) is 11.5 Å². The molecule has 7 nitrogen and oxygen atoms in total. The van der Waals surface area contributed by atoms with Crippen molar-refractivity contribution in [2.24, 2.45) is 0 Å². The first kappa shape index (κ1) is 30.0. The molecule has 3 atom stereocenters. The van der Waals surface area contributed by atoms with Crippen LogP contribution in [0.2, 0.25) is 10.0 Å². The van der Waals surface area contributed by atoms with Gasteiger partial charge >= 0.3 is 5.97 Å². The number of hydrogen-bond acceptors (Lipinski definition) is 5. The van der Waals surface area contributed by atoms with Gasteiger partial charge < -0.3 is 19.5 Å². The van der Waals surface area contributed by atoms with Gasteiger partial charge in [-0.15, -0.1) is 0 Å². The Labute approximate surface area is 266 Å². The molecule has 6 rings (SSSR count). The molecule has 2 heterocycles. The maximum atomic E-state index is 13.5. The standard InChI is InChI=1S/C35H32Cl2N2O5/c1-3-29(22-7-5-4-6-8-22)39-19-25-18-32-30(16-24(25)17-31(39)35(41)42)38(2)34(40)33(44-32)23-10-12-26(13-11-23)43-20-21-9-14-27(36)28(37)15-21/h4-16,18,29,31,33H,3,17,19-20H2,1-2H3,(H,41,42)/t29-,31+,33-/m1/s1. The van der Waals surface area contributed by atoms with Crippen molar-refractivity contribution in [1.82, 2.24) is 4.90 Å². The van der Waals surface area contributed by atoms with E-state index < -0.39 is 18.1 Å². The molecule has 9 heteroatoms. The number of amides is 1. The largest absolute Gasteiger partial charge is 0.489 e. The lowest BCUT2D eigenvalue weighted by molar-refractivity contribution is -0.145. The Morgan fingerprint density at radius 3 is 2.43 bits per heavy atom. The summed E-state index contributed by atoms with van der Waals surface area (Å²) in [6.45, 7) is 2.86. The van der Waals surface area contributed by atoms with E-state index in [0.29, 0.717) is 52.4 Å². The molecular weight excluding hydrogens is 599 g/mol. The highest BCUT2D eigenvalue weighted by Crippen LogP contribution is 2.43. The van der Waals surface area contributed by atoms with E-state index >= 15 is 0 Å². The number of ether oxygens (including phenoxy) is 2. The van der Waals surface area contributed by atoms with E-state index in [1.165, 1.54) is 0 Å². The number of likely N-dealkylation sites (N-methyl/N-ethyl adjacent to an activating group) is 1. The molecule has 4 aromatic rings. The van der Waals surface area contributed by atoms with Crippen molar-refractivity contribution in [3.8, 4) is 11.5 Å². The lowest BCUT2D eigenvalue weighted by atomic mass is 9.89. The van der Waals surface area contributed by atoms with E-state index in [4.69, 9.17) is 32.7 Å². The van der Waals surface area contributed by atoms with Crippen molar-refractivity contribution in [2.45, 2.75) is 51.1 Å². The number of carboxylic acid groups (broad SMARTS) is 1. The number of nitrogens with zero attached hydrogens (tertiary/aromatic N) is 2. The van der Waals surface area contributed by atoms with E-state index in [1.54, 1.807) is 24.1 Å². The number of carbonyl (C=O) groups excluding carboxylic acids is 1. The summed E-state index contributed by atoms with van der Waals surface area (Å²) < 4.78 is 12.3. The summed E-state index contributed by atoms with van der Waals surface area (Å²) >= 11 is 12.1. The van der Waals surface area contributed by atoms with Crippen LogP contribution in [0.25, 0.3) is 0 Å². The first-order valence-corrected chi connectivity index (χ1v) is 15.3. The summed E-state index contributed by atoms with van der Waals surface area (Å²) in [5, 5.41) is 11.2. The Morgan fingerprint density at radius 1 is 1.00 bits per heavy atom. The molecule has 0 aromatic heterocycles. The van der Waals surface area contributed by atoms with E-state index in [1.807, 2.05) is 72.8 Å². The Hall–Kier alpha value is -4.04. The van der Waals surface area contributed by atoms with Gasteiger partial charge in [-0.2, -0.15) is 0 Å². The van der Waals surface area contributed by atoms with Crippen LogP contribution >= 0.6 is 23.2 Å². The molecule has 4 aromatic carbocycles. The second kappa shape index (κ2) is 12.5. The highest BCUT2D eigenvalue weighted by Gasteiger charge is 2.39. The van der Waals surface area contributed by atoms with Gasteiger partial charge in [-0.3, -0.25) is 14.5 Å². The van der Waals surface area contributed by atoms with Crippen molar-refractivity contribution < 1.29 is 24.2 Å². The van der Waals surface area contributed by atoms with Crippen LogP contribution in [-0.2, 0) is 29.2 Å². The zero-order chi connectivity index (χ0) is 31.0. The van der Waals surface area contributed by atoms with Crippen LogP contribution in [0.3, 0.4) is 0 Å². The quantitative estimate of drug-likeness (QED) is 0.216. The minimum atomic E-state index is -0.854. The number of halogens is 2. The average Bonchev–Trinajstić information content (AvgIpc) is 3.03. The highest BCUT2D eigenvalue weighted by atomic mass is 35.5. The number of benzene rings is 4. The van der Waals surface area contributed by atoms with Gasteiger partial charge in [0.15, 0.2) is 0 Å². The van der Waals surface area contributed by atoms with Gasteiger partial charge in [0, 0.05) is 25.2 Å². The van der Waals surface area contributed by atoms with Gasteiger partial charge in [-0.1, -0.05) is 78.7 Å². The number of fused-ring (bicyclic) bond motifs is 2. The summed E-state index contributed by atoms with van der Waals surface area (Å²) in [7, 11) is 1.73. The fourth-order valence-electron chi connectivity index (χ4n) is 6.09. The molecule has 0 saturated carbocycles. The monoisotopic (exact) mass is 630 g/mol. The van der Waals surface area contributed by atoms with Crippen molar-refractivity contribution in [2.75, 3.05) is 11.9 Å². The number of carbonyl (C=O) groups is 2. The van der Waals surface area contributed by atoms with Crippen molar-refractivity contribution in [3.63, 3.8) is 0 Å². The lowest BCUT2D eigenvalue weighted by Gasteiger charge is -2.41. The third-order valence-electron chi connectivity index (χ3n) is 8.44. The van der Waals surface area contributed by atoms with Crippen LogP contribution in [0.1, 0.15) is 53.3 Å². The molecule has 0 bridgehead atoms. The molecule has 2 aliphatic heterocycles. The van der Waals surface area contributed by atoms with Crippen LogP contribution in [0, 0.1) is 0 Å². The molecule has 0 saturated heterocycles. The molecule has 0 radical (unpaired) electrons. The Kier molecular flexibility index (Phi) is 8.54. The van der Waals surface area contributed by atoms with Crippen LogP contribution in [0.4, 0.5) is 5.69 Å². The van der Waals surface area contributed by atoms with Gasteiger partial charge in [0.1, 0.15) is 24.1 Å². The summed E-state index contributed by atoms with van der Waals surface area (Å²) in [5.74, 6) is 0.178. The van der Waals surface area contributed by atoms with Crippen molar-refractivity contribution in [1.29, 1.82) is 0 Å². The number of rotatable bonds is 8. The molecule has 44 heavy (non-hydrogen) atoms. The molecule has 226 valence electrons. The smallest absolute Gasteiger partial charge is 0.321 e. The molecule has 0 aliphatic carbocycles. The van der Waals surface area contributed by atoms with E-state index in [0.717, 1.165) is 28.7 Å². The third-order valence-corrected chi connectivity index (χ3v) is 9.18. The summed E-state index contributed by atoms with van der Waals surface area (Å²) in [4.78, 5) is 29.6. The summed E-state index contributed by atoms with van der Waals surface area (Å²) in [5.41, 5.74) is 5.24. The summed E-state index contributed by atoms with van der Waals surface area (Å²) in [6.07, 6.45) is 0.293. The normalized spacial score (nSPS) is 18.6. The Balaban J connectivity index is 1.23. The molecule has 1 amide bonds. The van der Waals surface area contributed by atoms with E-state index in [-0.39, 0.29) is 11.9 Å². The fourth-order valence-corrected chi connectivity index (χ4v) is 6.41. The van der Waals surface area contributed by atoms with Crippen LogP contribution in [-0.4, -0.2) is 35.0 Å². The second-order valence-corrected chi connectivity index (χ2v) is 12.0. The minimum absolute atomic E-state index is 0.0446. The first-order valence-electron chi connectivity index (χ1n) is 14.5. The maximum Gasteiger partial charge on any atom is 0.321 e. The predicted molar refractivity (Wildman–Crippen MR) is 171 cm³/mol. The number of anilines is 1. The lowest BCUT2D eigenvalue weighted by Crippen LogP contribution is -2.47. The van der Waals surface area contributed by atoms with Gasteiger partial charge in [0.05, 0.1) is 15.7 Å². The highest BCUT2D eigenvalue weighted by molar-refractivity contribution is 6.42. The second-order valence-electron chi connectivity index (χ2n) is 11.2. The summed E-state index contributed by atoms with van der Waals surface area (Å²) in [6, 6.07) is 25.8. The third kappa shape index (κ3) is 5.87. The maximum absolute atomic E-state index is 13.5. The molecular formula is C35H32Cl2N2O5. The van der Waals surface area contributed by atoms with Gasteiger partial charge in [0.2, 0.25) is 6.10 Å². The molecule has 1 N–H and O–H groups in total. The number of aliphatic carboxylic acids is 1.